The van der Waals surface area contributed by atoms with Gasteiger partial charge in [0.15, 0.2) is 0 Å². The van der Waals surface area contributed by atoms with Crippen LogP contribution in [0.1, 0.15) is 35.3 Å². The Labute approximate surface area is 75.8 Å². The van der Waals surface area contributed by atoms with Gasteiger partial charge in [-0.15, -0.1) is 0 Å². The maximum Gasteiger partial charge on any atom is 0.255 e. The lowest BCUT2D eigenvalue weighted by molar-refractivity contribution is 0.0952. The van der Waals surface area contributed by atoms with E-state index in [1.54, 1.807) is 12.1 Å². The van der Waals surface area contributed by atoms with Gasteiger partial charge in [0.05, 0.1) is 11.6 Å². The number of nitrogens with one attached hydrogen (secondary N) is 1. The molecule has 0 aromatic heterocycles. The SMILES string of the molecule is CCC1NC(=O)c2c(F)cccc21. The Balaban J connectivity index is 2.57. The summed E-state index contributed by atoms with van der Waals surface area (Å²) >= 11 is 0. The fraction of sp³-hybridized carbons (Fsp3) is 0.300. The molecule has 0 aliphatic carbocycles. The minimum absolute atomic E-state index is 0.0156. The number of fused-ring (bicyclic) bond motifs is 1. The standard InChI is InChI=1S/C10H10FNO/c1-2-8-6-4-3-5-7(11)9(6)10(13)12-8/h3-5,8H,2H2,1H3,(H,12,13). The maximum absolute atomic E-state index is 13.2. The van der Waals surface area contributed by atoms with Gasteiger partial charge in [0.2, 0.25) is 0 Å². The molecule has 2 nitrogen and oxygen atoms in total. The number of halogens is 1. The Morgan fingerprint density at radius 1 is 1.54 bits per heavy atom. The first-order valence-corrected chi connectivity index (χ1v) is 4.33. The van der Waals surface area contributed by atoms with Crippen LogP contribution in [0, 0.1) is 5.82 Å². The third-order valence-corrected chi connectivity index (χ3v) is 2.36. The van der Waals surface area contributed by atoms with Crippen molar-refractivity contribution in [2.24, 2.45) is 0 Å². The third kappa shape index (κ3) is 1.11. The zero-order valence-electron chi connectivity index (χ0n) is 7.30. The molecular formula is C10H10FNO. The molecule has 0 saturated heterocycles. The first-order valence-electron chi connectivity index (χ1n) is 4.33. The van der Waals surface area contributed by atoms with Crippen LogP contribution in [0.25, 0.3) is 0 Å². The highest BCUT2D eigenvalue weighted by Gasteiger charge is 2.29. The number of hydrogen-bond acceptors (Lipinski definition) is 1. The predicted octanol–water partition coefficient (Wildman–Crippen LogP) is 2.02. The van der Waals surface area contributed by atoms with Gasteiger partial charge in [0.1, 0.15) is 5.82 Å². The van der Waals surface area contributed by atoms with Gasteiger partial charge in [-0.25, -0.2) is 4.39 Å². The molecule has 1 aromatic rings. The van der Waals surface area contributed by atoms with Crippen LogP contribution in [0.4, 0.5) is 4.39 Å². The van der Waals surface area contributed by atoms with Crippen LogP contribution < -0.4 is 5.32 Å². The monoisotopic (exact) mass is 179 g/mol. The normalized spacial score (nSPS) is 19.8. The number of carbonyl (C=O) groups is 1. The van der Waals surface area contributed by atoms with Crippen LogP contribution in [0.2, 0.25) is 0 Å². The Bertz CT molecular complexity index is 362. The molecule has 0 bridgehead atoms. The molecule has 0 fully saturated rings. The summed E-state index contributed by atoms with van der Waals surface area (Å²) in [5.41, 5.74) is 1.00. The summed E-state index contributed by atoms with van der Waals surface area (Å²) < 4.78 is 13.2. The summed E-state index contributed by atoms with van der Waals surface area (Å²) in [7, 11) is 0. The molecule has 1 N–H and O–H groups in total. The molecule has 0 saturated carbocycles. The van der Waals surface area contributed by atoms with E-state index in [2.05, 4.69) is 5.32 Å². The van der Waals surface area contributed by atoms with E-state index in [0.717, 1.165) is 12.0 Å². The van der Waals surface area contributed by atoms with E-state index in [9.17, 15) is 9.18 Å². The van der Waals surface area contributed by atoms with Gasteiger partial charge in [-0.3, -0.25) is 4.79 Å². The van der Waals surface area contributed by atoms with Crippen molar-refractivity contribution in [3.05, 3.63) is 35.1 Å². The van der Waals surface area contributed by atoms with E-state index in [0.29, 0.717) is 0 Å². The van der Waals surface area contributed by atoms with Gasteiger partial charge in [-0.2, -0.15) is 0 Å². The lowest BCUT2D eigenvalue weighted by Crippen LogP contribution is -2.18. The van der Waals surface area contributed by atoms with E-state index in [4.69, 9.17) is 0 Å². The van der Waals surface area contributed by atoms with Crippen molar-refractivity contribution in [1.82, 2.24) is 5.32 Å². The molecule has 0 radical (unpaired) electrons. The fourth-order valence-corrected chi connectivity index (χ4v) is 1.70. The quantitative estimate of drug-likeness (QED) is 0.702. The molecule has 3 heteroatoms. The number of benzene rings is 1. The zero-order chi connectivity index (χ0) is 9.42. The third-order valence-electron chi connectivity index (χ3n) is 2.36. The van der Waals surface area contributed by atoms with E-state index < -0.39 is 5.82 Å². The molecule has 0 spiro atoms. The molecule has 2 rings (SSSR count). The van der Waals surface area contributed by atoms with E-state index >= 15 is 0 Å². The van der Waals surface area contributed by atoms with Crippen LogP contribution >= 0.6 is 0 Å². The Kier molecular flexibility index (Phi) is 1.79. The molecule has 1 aliphatic rings. The predicted molar refractivity (Wildman–Crippen MR) is 46.9 cm³/mol. The Morgan fingerprint density at radius 3 is 3.00 bits per heavy atom. The lowest BCUT2D eigenvalue weighted by Gasteiger charge is -2.06. The summed E-state index contributed by atoms with van der Waals surface area (Å²) in [6, 6.07) is 4.73. The summed E-state index contributed by atoms with van der Waals surface area (Å²) in [4.78, 5) is 11.3. The topological polar surface area (TPSA) is 29.1 Å². The highest BCUT2D eigenvalue weighted by molar-refractivity contribution is 5.99. The summed E-state index contributed by atoms with van der Waals surface area (Å²) in [6.45, 7) is 1.96. The molecule has 1 atom stereocenters. The van der Waals surface area contributed by atoms with Crippen LogP contribution in [-0.2, 0) is 0 Å². The van der Waals surface area contributed by atoms with Crippen LogP contribution in [0.5, 0.6) is 0 Å². The largest absolute Gasteiger partial charge is 0.345 e. The van der Waals surface area contributed by atoms with E-state index in [1.807, 2.05) is 6.92 Å². The highest BCUT2D eigenvalue weighted by atomic mass is 19.1. The second-order valence-corrected chi connectivity index (χ2v) is 3.14. The second kappa shape index (κ2) is 2.83. The van der Waals surface area contributed by atoms with Crippen molar-refractivity contribution in [2.75, 3.05) is 0 Å². The summed E-state index contributed by atoms with van der Waals surface area (Å²) in [6.07, 6.45) is 0.794. The van der Waals surface area contributed by atoms with Crippen LogP contribution in [0.15, 0.2) is 18.2 Å². The molecule has 13 heavy (non-hydrogen) atoms. The van der Waals surface area contributed by atoms with Crippen LogP contribution in [0.3, 0.4) is 0 Å². The number of carbonyl (C=O) groups excluding carboxylic acids is 1. The molecule has 1 aromatic carbocycles. The first-order chi connectivity index (χ1) is 6.24. The number of rotatable bonds is 1. The van der Waals surface area contributed by atoms with Gasteiger partial charge in [0.25, 0.3) is 5.91 Å². The Morgan fingerprint density at radius 2 is 2.31 bits per heavy atom. The molecular weight excluding hydrogens is 169 g/mol. The molecule has 1 amide bonds. The average molecular weight is 179 g/mol. The first kappa shape index (κ1) is 8.23. The van der Waals surface area contributed by atoms with Crippen molar-refractivity contribution in [1.29, 1.82) is 0 Å². The van der Waals surface area contributed by atoms with Gasteiger partial charge >= 0.3 is 0 Å². The summed E-state index contributed by atoms with van der Waals surface area (Å²) in [5.74, 6) is -0.717. The van der Waals surface area contributed by atoms with Crippen molar-refractivity contribution in [3.63, 3.8) is 0 Å². The van der Waals surface area contributed by atoms with Crippen molar-refractivity contribution >= 4 is 5.91 Å². The van der Waals surface area contributed by atoms with Crippen LogP contribution in [-0.4, -0.2) is 5.91 Å². The number of amides is 1. The average Bonchev–Trinajstić information content (AvgIpc) is 2.44. The maximum atomic E-state index is 13.2. The van der Waals surface area contributed by atoms with Gasteiger partial charge < -0.3 is 5.32 Å². The smallest absolute Gasteiger partial charge is 0.255 e. The minimum atomic E-state index is -0.425. The Hall–Kier alpha value is -1.38. The minimum Gasteiger partial charge on any atom is -0.345 e. The van der Waals surface area contributed by atoms with Gasteiger partial charge in [-0.1, -0.05) is 19.1 Å². The summed E-state index contributed by atoms with van der Waals surface area (Å²) in [5, 5.41) is 2.73. The van der Waals surface area contributed by atoms with E-state index in [1.165, 1.54) is 6.07 Å². The molecule has 1 unspecified atom stereocenters. The lowest BCUT2D eigenvalue weighted by atomic mass is 10.0. The van der Waals surface area contributed by atoms with Crippen molar-refractivity contribution in [3.8, 4) is 0 Å². The van der Waals surface area contributed by atoms with Gasteiger partial charge in [0, 0.05) is 0 Å². The van der Waals surface area contributed by atoms with Gasteiger partial charge in [-0.05, 0) is 18.1 Å². The zero-order valence-corrected chi connectivity index (χ0v) is 7.30. The molecule has 68 valence electrons. The number of hydrogen-bond donors (Lipinski definition) is 1. The van der Waals surface area contributed by atoms with E-state index in [-0.39, 0.29) is 17.5 Å². The van der Waals surface area contributed by atoms with Crippen molar-refractivity contribution < 1.29 is 9.18 Å². The second-order valence-electron chi connectivity index (χ2n) is 3.14. The molecule has 1 aliphatic heterocycles. The van der Waals surface area contributed by atoms with Crippen molar-refractivity contribution in [2.45, 2.75) is 19.4 Å². The molecule has 1 heterocycles. The highest BCUT2D eigenvalue weighted by Crippen LogP contribution is 2.28. The fourth-order valence-electron chi connectivity index (χ4n) is 1.70.